The summed E-state index contributed by atoms with van der Waals surface area (Å²) in [6, 6.07) is 0. The molecule has 0 aliphatic carbocycles. The van der Waals surface area contributed by atoms with Gasteiger partial charge in [-0.05, 0) is 0 Å². The van der Waals surface area contributed by atoms with Gasteiger partial charge < -0.3 is 4.46 Å². The van der Waals surface area contributed by atoms with Crippen LogP contribution in [0.1, 0.15) is 0 Å². The molecule has 0 saturated heterocycles. The van der Waals surface area contributed by atoms with E-state index in [1.165, 1.54) is 26.4 Å². The molecule has 0 aromatic heterocycles. The van der Waals surface area contributed by atoms with Gasteiger partial charge in [0.05, 0.1) is 0 Å². The molecule has 0 spiro atoms. The van der Waals surface area contributed by atoms with Crippen molar-refractivity contribution in [1.29, 1.82) is 0 Å². The third-order valence-corrected chi connectivity index (χ3v) is 0. The van der Waals surface area contributed by atoms with E-state index in [0.717, 1.165) is 0 Å². The Balaban J connectivity index is 0. The second kappa shape index (κ2) is 151. The van der Waals surface area contributed by atoms with E-state index in [4.69, 9.17) is 8.27 Å². The van der Waals surface area contributed by atoms with E-state index in [0.29, 0.717) is 0 Å². The van der Waals surface area contributed by atoms with Crippen molar-refractivity contribution in [3.8, 4) is 0 Å². The minimum absolute atomic E-state index is 1.17. The molecular weight excluding hydrogens is 112 g/mol. The fraction of sp³-hybridized carbons (Fsp3) is 0. The molecule has 1 radical (unpaired) electrons. The van der Waals surface area contributed by atoms with Crippen molar-refractivity contribution in [1.82, 2.24) is 0 Å². The topological polar surface area (TPSA) is 34.1 Å². The molecule has 0 fully saturated rings. The average Bonchev–Trinajstić information content (AvgIpc) is 1.50. The standard InChI is InChI=1S/Cr.HOSi.O/c;1-2;/h;2H;. The SMILES string of the molecule is O=[SiH].[O]=[Cr]. The van der Waals surface area contributed by atoms with E-state index in [1.54, 1.807) is 0 Å². The molecule has 0 N–H and O–H groups in total. The summed E-state index contributed by atoms with van der Waals surface area (Å²) in [4.78, 5) is 0. The predicted octanol–water partition coefficient (Wildman–Crippen LogP) is -0.889. The van der Waals surface area contributed by atoms with Crippen LogP contribution >= 0.6 is 0 Å². The van der Waals surface area contributed by atoms with Crippen LogP contribution in [0.4, 0.5) is 0 Å². The molecule has 0 aromatic carbocycles. The van der Waals surface area contributed by atoms with Crippen LogP contribution in [-0.2, 0) is 24.5 Å². The molecule has 0 aliphatic heterocycles. The number of rotatable bonds is 0. The van der Waals surface area contributed by atoms with Gasteiger partial charge in [-0.25, -0.2) is 0 Å². The van der Waals surface area contributed by atoms with Crippen molar-refractivity contribution in [3.05, 3.63) is 0 Å². The zero-order chi connectivity index (χ0) is 4.00. The van der Waals surface area contributed by atoms with Crippen LogP contribution in [0.2, 0.25) is 0 Å². The third kappa shape index (κ3) is 35.0. The van der Waals surface area contributed by atoms with Crippen LogP contribution in [0.5, 0.6) is 0 Å². The van der Waals surface area contributed by atoms with Crippen molar-refractivity contribution < 1.29 is 24.5 Å². The van der Waals surface area contributed by atoms with Crippen molar-refractivity contribution in [2.45, 2.75) is 0 Å². The van der Waals surface area contributed by atoms with E-state index in [-0.39, 0.29) is 0 Å². The summed E-state index contributed by atoms with van der Waals surface area (Å²) in [5, 5.41) is 0. The maximum atomic E-state index is 8.17. The molecule has 0 rings (SSSR count). The molecule has 0 bridgehead atoms. The molecular formula is HCrO2Si. The molecule has 4 heavy (non-hydrogen) atoms. The van der Waals surface area contributed by atoms with Crippen LogP contribution in [0.15, 0.2) is 0 Å². The van der Waals surface area contributed by atoms with Gasteiger partial charge in [0, 0.05) is 0 Å². The van der Waals surface area contributed by atoms with Gasteiger partial charge in [0.25, 0.3) is 0 Å². The third-order valence-electron chi connectivity index (χ3n) is 0. The normalized spacial score (nSPS) is 2.00. The van der Waals surface area contributed by atoms with Gasteiger partial charge >= 0.3 is 30.2 Å². The molecule has 0 aliphatic rings. The number of hydrogen-bond acceptors (Lipinski definition) is 2. The van der Waals surface area contributed by atoms with Gasteiger partial charge in [0.1, 0.15) is 0 Å². The van der Waals surface area contributed by atoms with Gasteiger partial charge in [-0.1, -0.05) is 0 Å². The van der Waals surface area contributed by atoms with Gasteiger partial charge in [-0.2, -0.15) is 0 Å². The first-order valence-corrected chi connectivity index (χ1v) is 1.39. The van der Waals surface area contributed by atoms with Crippen LogP contribution in [0.3, 0.4) is 0 Å². The Labute approximate surface area is 35.3 Å². The summed E-state index contributed by atoms with van der Waals surface area (Å²) >= 11 is 1.38. The first kappa shape index (κ1) is 8.84. The molecule has 0 saturated carbocycles. The van der Waals surface area contributed by atoms with Gasteiger partial charge in [-0.15, -0.1) is 0 Å². The van der Waals surface area contributed by atoms with Gasteiger partial charge in [0.15, 0.2) is 0 Å². The average molecular weight is 113 g/mol. The molecule has 0 atom stereocenters. The van der Waals surface area contributed by atoms with E-state index >= 15 is 0 Å². The molecule has 0 aromatic rings. The summed E-state index contributed by atoms with van der Waals surface area (Å²) in [7, 11) is 1.17. The second-order valence-corrected chi connectivity index (χ2v) is 0. The van der Waals surface area contributed by atoms with E-state index in [1.807, 2.05) is 0 Å². The Morgan fingerprint density at radius 2 is 1.25 bits per heavy atom. The van der Waals surface area contributed by atoms with Crippen LogP contribution in [0, 0.1) is 0 Å². The Kier molecular flexibility index (Phi) is 335. The zero-order valence-electron chi connectivity index (χ0n) is 1.80. The first-order chi connectivity index (χ1) is 2.00. The summed E-state index contributed by atoms with van der Waals surface area (Å²) in [5.41, 5.74) is 0. The first-order valence-electron chi connectivity index (χ1n) is 0.402. The fourth-order valence-electron chi connectivity index (χ4n) is 0. The molecule has 23 valence electrons. The monoisotopic (exact) mass is 113 g/mol. The van der Waals surface area contributed by atoms with E-state index in [9.17, 15) is 0 Å². The van der Waals surface area contributed by atoms with Crippen LogP contribution in [0.25, 0.3) is 0 Å². The summed E-state index contributed by atoms with van der Waals surface area (Å²) in [5.74, 6) is 0. The Morgan fingerprint density at radius 1 is 1.25 bits per heavy atom. The quantitative estimate of drug-likeness (QED) is 0.382. The van der Waals surface area contributed by atoms with Gasteiger partial charge in [-0.3, -0.25) is 0 Å². The maximum absolute atomic E-state index is 8.17. The second-order valence-electron chi connectivity index (χ2n) is 0. The summed E-state index contributed by atoms with van der Waals surface area (Å²) in [6.45, 7) is 0. The summed E-state index contributed by atoms with van der Waals surface area (Å²) < 4.78 is 16.3. The zero-order valence-corrected chi connectivity index (χ0v) is 4.23. The molecule has 4 heteroatoms. The predicted molar refractivity (Wildman–Crippen MR) is 8.52 cm³/mol. The molecule has 0 amide bonds. The fourth-order valence-corrected chi connectivity index (χ4v) is 0. The van der Waals surface area contributed by atoms with Crippen LogP contribution in [-0.4, -0.2) is 10.1 Å². The van der Waals surface area contributed by atoms with Crippen LogP contribution < -0.4 is 0 Å². The van der Waals surface area contributed by atoms with E-state index < -0.39 is 0 Å². The van der Waals surface area contributed by atoms with Crippen molar-refractivity contribution in [3.63, 3.8) is 0 Å². The minimum atomic E-state index is 1.17. The van der Waals surface area contributed by atoms with Crippen molar-refractivity contribution >= 4 is 10.1 Å². The molecule has 0 heterocycles. The Hall–Kier alpha value is 0.349. The Morgan fingerprint density at radius 3 is 1.25 bits per heavy atom. The molecule has 2 nitrogen and oxygen atoms in total. The summed E-state index contributed by atoms with van der Waals surface area (Å²) in [6.07, 6.45) is 0. The van der Waals surface area contributed by atoms with Crippen molar-refractivity contribution in [2.24, 2.45) is 0 Å². The Bertz CT molecular complexity index is 8.00. The molecule has 0 unspecified atom stereocenters. The van der Waals surface area contributed by atoms with Gasteiger partial charge in [0.2, 0.25) is 0 Å². The number of hydrogen-bond donors (Lipinski definition) is 0. The van der Waals surface area contributed by atoms with E-state index in [2.05, 4.69) is 0 Å². The van der Waals surface area contributed by atoms with Crippen molar-refractivity contribution in [2.75, 3.05) is 0 Å².